The predicted octanol–water partition coefficient (Wildman–Crippen LogP) is 3.62. The van der Waals surface area contributed by atoms with Crippen LogP contribution in [0.5, 0.6) is 0 Å². The zero-order chi connectivity index (χ0) is 15.7. The second kappa shape index (κ2) is 6.15. The SMILES string of the molecule is C=C1N(CCC)C(=O)c2[nH]c(C3CCCC3)nc2N1CCC. The molecule has 0 saturated heterocycles. The van der Waals surface area contributed by atoms with Crippen molar-refractivity contribution < 1.29 is 4.79 Å². The van der Waals surface area contributed by atoms with Crippen LogP contribution in [-0.4, -0.2) is 33.9 Å². The van der Waals surface area contributed by atoms with Crippen molar-refractivity contribution in [3.63, 3.8) is 0 Å². The summed E-state index contributed by atoms with van der Waals surface area (Å²) < 4.78 is 0. The molecular formula is C17H26N4O. The van der Waals surface area contributed by atoms with Crippen molar-refractivity contribution in [2.45, 2.75) is 58.3 Å². The van der Waals surface area contributed by atoms with E-state index in [1.807, 2.05) is 0 Å². The molecule has 2 aliphatic rings. The maximum Gasteiger partial charge on any atom is 0.279 e. The molecule has 5 heteroatoms. The summed E-state index contributed by atoms with van der Waals surface area (Å²) in [5, 5.41) is 0. The fourth-order valence-corrected chi connectivity index (χ4v) is 3.55. The summed E-state index contributed by atoms with van der Waals surface area (Å²) >= 11 is 0. The topological polar surface area (TPSA) is 52.2 Å². The highest BCUT2D eigenvalue weighted by Gasteiger charge is 2.36. The normalized spacial score (nSPS) is 19.2. The van der Waals surface area contributed by atoms with Crippen LogP contribution in [0.2, 0.25) is 0 Å². The molecule has 1 aliphatic carbocycles. The molecule has 1 fully saturated rings. The number of hydrogen-bond acceptors (Lipinski definition) is 3. The number of rotatable bonds is 5. The number of carbonyl (C=O) groups is 1. The average molecular weight is 302 g/mol. The Balaban J connectivity index is 1.99. The number of amides is 1. The molecule has 1 amide bonds. The van der Waals surface area contributed by atoms with Gasteiger partial charge in [0.15, 0.2) is 5.82 Å². The molecule has 3 rings (SSSR count). The first-order valence-corrected chi connectivity index (χ1v) is 8.55. The molecule has 1 aromatic rings. The molecular weight excluding hydrogens is 276 g/mol. The summed E-state index contributed by atoms with van der Waals surface area (Å²) in [5.41, 5.74) is 0.649. The zero-order valence-corrected chi connectivity index (χ0v) is 13.7. The number of carbonyl (C=O) groups excluding carboxylic acids is 1. The van der Waals surface area contributed by atoms with Crippen molar-refractivity contribution in [2.75, 3.05) is 18.0 Å². The van der Waals surface area contributed by atoms with Crippen molar-refractivity contribution in [1.82, 2.24) is 14.9 Å². The summed E-state index contributed by atoms with van der Waals surface area (Å²) in [4.78, 5) is 24.8. The number of nitrogens with zero attached hydrogens (tertiary/aromatic N) is 3. The van der Waals surface area contributed by atoms with E-state index in [0.29, 0.717) is 18.2 Å². The molecule has 0 atom stereocenters. The third-order valence-corrected chi connectivity index (χ3v) is 4.68. The number of nitrogens with one attached hydrogen (secondary N) is 1. The highest BCUT2D eigenvalue weighted by molar-refractivity contribution is 6.01. The van der Waals surface area contributed by atoms with Gasteiger partial charge in [-0.05, 0) is 25.7 Å². The molecule has 1 aliphatic heterocycles. The van der Waals surface area contributed by atoms with Gasteiger partial charge in [0.2, 0.25) is 0 Å². The molecule has 120 valence electrons. The van der Waals surface area contributed by atoms with Crippen molar-refractivity contribution in [3.05, 3.63) is 23.9 Å². The van der Waals surface area contributed by atoms with Gasteiger partial charge in [-0.25, -0.2) is 4.98 Å². The van der Waals surface area contributed by atoms with Crippen molar-refractivity contribution in [2.24, 2.45) is 0 Å². The minimum absolute atomic E-state index is 0.0194. The predicted molar refractivity (Wildman–Crippen MR) is 87.9 cm³/mol. The third-order valence-electron chi connectivity index (χ3n) is 4.68. The standard InChI is InChI=1S/C17H26N4O/c1-4-10-20-12(3)21(11-5-2)17(22)14-16(20)19-15(18-14)13-8-6-7-9-13/h13H,3-11H2,1-2H3,(H,18,19). The zero-order valence-electron chi connectivity index (χ0n) is 13.7. The lowest BCUT2D eigenvalue weighted by molar-refractivity contribution is 0.0787. The van der Waals surface area contributed by atoms with Gasteiger partial charge in [0, 0.05) is 19.0 Å². The highest BCUT2D eigenvalue weighted by Crippen LogP contribution is 2.37. The third kappa shape index (κ3) is 2.42. The van der Waals surface area contributed by atoms with Crippen LogP contribution in [0, 0.1) is 0 Å². The molecule has 0 radical (unpaired) electrons. The van der Waals surface area contributed by atoms with Gasteiger partial charge in [-0.2, -0.15) is 0 Å². The first-order valence-electron chi connectivity index (χ1n) is 8.55. The van der Waals surface area contributed by atoms with Crippen LogP contribution in [0.25, 0.3) is 0 Å². The molecule has 1 saturated carbocycles. The van der Waals surface area contributed by atoms with E-state index in [1.54, 1.807) is 4.90 Å². The van der Waals surface area contributed by atoms with Crippen LogP contribution in [0.3, 0.4) is 0 Å². The number of hydrogen-bond donors (Lipinski definition) is 1. The molecule has 0 bridgehead atoms. The maximum atomic E-state index is 12.8. The van der Waals surface area contributed by atoms with E-state index in [1.165, 1.54) is 25.7 Å². The summed E-state index contributed by atoms with van der Waals surface area (Å²) in [6.07, 6.45) is 6.79. The lowest BCUT2D eigenvalue weighted by Crippen LogP contribution is -2.44. The Morgan fingerprint density at radius 3 is 2.45 bits per heavy atom. The second-order valence-electron chi connectivity index (χ2n) is 6.33. The summed E-state index contributed by atoms with van der Waals surface area (Å²) in [5.74, 6) is 3.04. The van der Waals surface area contributed by atoms with E-state index in [9.17, 15) is 4.79 Å². The maximum absolute atomic E-state index is 12.8. The highest BCUT2D eigenvalue weighted by atomic mass is 16.2. The summed E-state index contributed by atoms with van der Waals surface area (Å²) in [6.45, 7) is 9.91. The Morgan fingerprint density at radius 2 is 1.82 bits per heavy atom. The quantitative estimate of drug-likeness (QED) is 0.903. The molecule has 0 aromatic carbocycles. The largest absolute Gasteiger partial charge is 0.336 e. The molecule has 1 N–H and O–H groups in total. The molecule has 5 nitrogen and oxygen atoms in total. The molecule has 1 aromatic heterocycles. The molecule has 22 heavy (non-hydrogen) atoms. The first kappa shape index (κ1) is 15.1. The van der Waals surface area contributed by atoms with Crippen LogP contribution < -0.4 is 4.90 Å². The van der Waals surface area contributed by atoms with E-state index < -0.39 is 0 Å². The number of anilines is 1. The molecule has 2 heterocycles. The van der Waals surface area contributed by atoms with E-state index in [0.717, 1.165) is 36.8 Å². The lowest BCUT2D eigenvalue weighted by atomic mass is 10.1. The van der Waals surface area contributed by atoms with Gasteiger partial charge in [-0.15, -0.1) is 0 Å². The van der Waals surface area contributed by atoms with Crippen LogP contribution in [-0.2, 0) is 0 Å². The van der Waals surface area contributed by atoms with Crippen LogP contribution in [0.15, 0.2) is 12.4 Å². The van der Waals surface area contributed by atoms with Gasteiger partial charge in [-0.3, -0.25) is 9.69 Å². The Labute approximate surface area is 132 Å². The number of imidazole rings is 1. The van der Waals surface area contributed by atoms with Gasteiger partial charge in [0.25, 0.3) is 5.91 Å². The van der Waals surface area contributed by atoms with E-state index in [2.05, 4.69) is 30.3 Å². The first-order chi connectivity index (χ1) is 10.7. The van der Waals surface area contributed by atoms with Crippen molar-refractivity contribution >= 4 is 11.7 Å². The summed E-state index contributed by atoms with van der Waals surface area (Å²) in [6, 6.07) is 0. The minimum Gasteiger partial charge on any atom is -0.336 e. The van der Waals surface area contributed by atoms with Crippen molar-refractivity contribution in [1.29, 1.82) is 0 Å². The number of aromatic amines is 1. The Hall–Kier alpha value is -1.78. The number of aromatic nitrogens is 2. The number of H-pyrrole nitrogens is 1. The van der Waals surface area contributed by atoms with Gasteiger partial charge in [0.05, 0.1) is 0 Å². The Kier molecular flexibility index (Phi) is 4.23. The summed E-state index contributed by atoms with van der Waals surface area (Å²) in [7, 11) is 0. The monoisotopic (exact) mass is 302 g/mol. The second-order valence-corrected chi connectivity index (χ2v) is 6.33. The fourth-order valence-electron chi connectivity index (χ4n) is 3.55. The van der Waals surface area contributed by atoms with Crippen molar-refractivity contribution in [3.8, 4) is 0 Å². The van der Waals surface area contributed by atoms with Crippen LogP contribution in [0.1, 0.15) is 74.6 Å². The number of fused-ring (bicyclic) bond motifs is 1. The van der Waals surface area contributed by atoms with Gasteiger partial charge >= 0.3 is 0 Å². The van der Waals surface area contributed by atoms with Gasteiger partial charge in [-0.1, -0.05) is 33.3 Å². The average Bonchev–Trinajstić information content (AvgIpc) is 3.16. The Bertz CT molecular complexity index is 571. The molecule has 0 unspecified atom stereocenters. The van der Waals surface area contributed by atoms with Gasteiger partial charge < -0.3 is 9.88 Å². The minimum atomic E-state index is 0.0194. The van der Waals surface area contributed by atoms with Crippen LogP contribution >= 0.6 is 0 Å². The Morgan fingerprint density at radius 1 is 1.18 bits per heavy atom. The lowest BCUT2D eigenvalue weighted by Gasteiger charge is -2.36. The fraction of sp³-hybridized carbons (Fsp3) is 0.647. The molecule has 0 spiro atoms. The van der Waals surface area contributed by atoms with E-state index in [4.69, 9.17) is 4.98 Å². The van der Waals surface area contributed by atoms with E-state index in [-0.39, 0.29) is 5.91 Å². The van der Waals surface area contributed by atoms with Crippen LogP contribution in [0.4, 0.5) is 5.82 Å². The van der Waals surface area contributed by atoms with Gasteiger partial charge in [0.1, 0.15) is 17.3 Å². The smallest absolute Gasteiger partial charge is 0.279 e. The van der Waals surface area contributed by atoms with E-state index >= 15 is 0 Å².